The molecule has 6 N–H and O–H groups in total. The quantitative estimate of drug-likeness (QED) is 0.508. The first-order chi connectivity index (χ1) is 7.76. The summed E-state index contributed by atoms with van der Waals surface area (Å²) in [5, 5.41) is 5.14. The average molecular weight is 244 g/mol. The predicted molar refractivity (Wildman–Crippen MR) is 67.3 cm³/mol. The van der Waals surface area contributed by atoms with Crippen LogP contribution in [0.3, 0.4) is 0 Å². The van der Waals surface area contributed by atoms with Gasteiger partial charge in [0, 0.05) is 12.1 Å². The number of nitrogens with one attached hydrogen (secondary N) is 2. The highest BCUT2D eigenvalue weighted by Gasteiger charge is 2.20. The van der Waals surface area contributed by atoms with Gasteiger partial charge in [-0.2, -0.15) is 0 Å². The molecule has 0 bridgehead atoms. The molecule has 0 aromatic carbocycles. The van der Waals surface area contributed by atoms with E-state index in [1.807, 2.05) is 20.8 Å². The summed E-state index contributed by atoms with van der Waals surface area (Å²) < 4.78 is 0. The largest absolute Gasteiger partial charge is 0.352 e. The van der Waals surface area contributed by atoms with Crippen molar-refractivity contribution >= 4 is 11.9 Å². The molecule has 1 unspecified atom stereocenters. The Hall–Kier alpha value is -1.30. The van der Waals surface area contributed by atoms with Crippen LogP contribution in [0.4, 0.5) is 4.79 Å². The number of nitrogens with two attached hydrogens (primary N) is 2. The summed E-state index contributed by atoms with van der Waals surface area (Å²) in [6, 6.07) is -1.26. The van der Waals surface area contributed by atoms with E-state index < -0.39 is 17.6 Å². The van der Waals surface area contributed by atoms with Crippen molar-refractivity contribution in [1.82, 2.24) is 10.6 Å². The highest BCUT2D eigenvalue weighted by molar-refractivity contribution is 5.86. The number of carbonyl (C=O) groups excluding carboxylic acids is 2. The highest BCUT2D eigenvalue weighted by atomic mass is 16.2. The third-order valence-corrected chi connectivity index (χ3v) is 2.20. The summed E-state index contributed by atoms with van der Waals surface area (Å²) in [5.41, 5.74) is 10.3. The molecule has 0 saturated carbocycles. The van der Waals surface area contributed by atoms with Crippen LogP contribution in [0.5, 0.6) is 0 Å². The van der Waals surface area contributed by atoms with E-state index in [0.29, 0.717) is 13.0 Å². The van der Waals surface area contributed by atoms with Gasteiger partial charge in [0.2, 0.25) is 5.91 Å². The van der Waals surface area contributed by atoms with Crippen LogP contribution >= 0.6 is 0 Å². The van der Waals surface area contributed by atoms with E-state index in [0.717, 1.165) is 12.8 Å². The van der Waals surface area contributed by atoms with Gasteiger partial charge in [0.1, 0.15) is 6.04 Å². The van der Waals surface area contributed by atoms with Crippen molar-refractivity contribution in [3.63, 3.8) is 0 Å². The fourth-order valence-corrected chi connectivity index (χ4v) is 1.29. The van der Waals surface area contributed by atoms with E-state index in [4.69, 9.17) is 11.5 Å². The average Bonchev–Trinajstić information content (AvgIpc) is 2.19. The van der Waals surface area contributed by atoms with Gasteiger partial charge in [-0.05, 0) is 20.3 Å². The lowest BCUT2D eigenvalue weighted by Crippen LogP contribution is -2.52. The predicted octanol–water partition coefficient (Wildman–Crippen LogP) is 0.0670. The zero-order chi connectivity index (χ0) is 13.5. The van der Waals surface area contributed by atoms with Gasteiger partial charge in [0.05, 0.1) is 0 Å². The van der Waals surface area contributed by atoms with Gasteiger partial charge in [0.25, 0.3) is 0 Å². The van der Waals surface area contributed by atoms with Crippen LogP contribution in [0.2, 0.25) is 0 Å². The molecule has 100 valence electrons. The van der Waals surface area contributed by atoms with Crippen LogP contribution in [0, 0.1) is 0 Å². The second kappa shape index (κ2) is 7.11. The molecule has 0 saturated heterocycles. The number of unbranched alkanes of at least 4 members (excludes halogenated alkanes) is 1. The lowest BCUT2D eigenvalue weighted by molar-refractivity contribution is -0.123. The maximum atomic E-state index is 11.8. The molecule has 0 aliphatic carbocycles. The van der Waals surface area contributed by atoms with Crippen molar-refractivity contribution in [2.75, 3.05) is 6.54 Å². The number of primary amides is 1. The third-order valence-electron chi connectivity index (χ3n) is 2.20. The molecule has 6 nitrogen and oxygen atoms in total. The summed E-state index contributed by atoms with van der Waals surface area (Å²) in [5.74, 6) is -0.240. The van der Waals surface area contributed by atoms with Crippen LogP contribution in [0.15, 0.2) is 0 Å². The molecule has 0 aromatic rings. The minimum Gasteiger partial charge on any atom is -0.352 e. The molecular formula is C11H24N4O2. The van der Waals surface area contributed by atoms with Crippen LogP contribution < -0.4 is 22.1 Å². The lowest BCUT2D eigenvalue weighted by Gasteiger charge is -2.22. The Bertz CT molecular complexity index is 261. The van der Waals surface area contributed by atoms with Crippen LogP contribution in [0.1, 0.15) is 40.0 Å². The lowest BCUT2D eigenvalue weighted by atomic mass is 10.1. The number of rotatable bonds is 7. The Morgan fingerprint density at radius 2 is 1.94 bits per heavy atom. The van der Waals surface area contributed by atoms with E-state index in [9.17, 15) is 9.59 Å². The minimum absolute atomic E-state index is 0.240. The first-order valence-corrected chi connectivity index (χ1v) is 5.89. The summed E-state index contributed by atoms with van der Waals surface area (Å²) >= 11 is 0. The summed E-state index contributed by atoms with van der Waals surface area (Å²) in [6.45, 7) is 6.00. The van der Waals surface area contributed by atoms with Gasteiger partial charge >= 0.3 is 6.03 Å². The fourth-order valence-electron chi connectivity index (χ4n) is 1.29. The fraction of sp³-hybridized carbons (Fsp3) is 0.818. The maximum absolute atomic E-state index is 11.8. The zero-order valence-corrected chi connectivity index (χ0v) is 10.9. The standard InChI is InChI=1S/C11H24N4O2/c1-4-5-6-8(15-10(12)17)9(16)14-7-11(2,3)13/h8H,4-7,13H2,1-3H3,(H,14,16)(H3,12,15,17). The SMILES string of the molecule is CCCCC(NC(N)=O)C(=O)NCC(C)(C)N. The topological polar surface area (TPSA) is 110 Å². The van der Waals surface area contributed by atoms with Gasteiger partial charge in [-0.15, -0.1) is 0 Å². The van der Waals surface area contributed by atoms with Crippen molar-refractivity contribution in [1.29, 1.82) is 0 Å². The molecule has 0 heterocycles. The van der Waals surface area contributed by atoms with Gasteiger partial charge < -0.3 is 22.1 Å². The highest BCUT2D eigenvalue weighted by Crippen LogP contribution is 2.01. The number of carbonyl (C=O) groups is 2. The van der Waals surface area contributed by atoms with Crippen molar-refractivity contribution in [3.8, 4) is 0 Å². The molecule has 0 aliphatic rings. The number of urea groups is 1. The molecule has 1 atom stereocenters. The van der Waals surface area contributed by atoms with E-state index >= 15 is 0 Å². The zero-order valence-electron chi connectivity index (χ0n) is 10.9. The molecule has 6 heteroatoms. The molecule has 0 aliphatic heterocycles. The van der Waals surface area contributed by atoms with E-state index in [2.05, 4.69) is 10.6 Å². The monoisotopic (exact) mass is 244 g/mol. The smallest absolute Gasteiger partial charge is 0.312 e. The van der Waals surface area contributed by atoms with Crippen molar-refractivity contribution < 1.29 is 9.59 Å². The molecule has 0 aromatic heterocycles. The molecule has 0 radical (unpaired) electrons. The summed E-state index contributed by atoms with van der Waals surface area (Å²) in [7, 11) is 0. The minimum atomic E-state index is -0.687. The first kappa shape index (κ1) is 15.7. The Labute approximate surface area is 102 Å². The molecule has 0 spiro atoms. The van der Waals surface area contributed by atoms with Gasteiger partial charge in [0.15, 0.2) is 0 Å². The molecule has 17 heavy (non-hydrogen) atoms. The number of hydrogen-bond acceptors (Lipinski definition) is 3. The van der Waals surface area contributed by atoms with Crippen molar-refractivity contribution in [2.24, 2.45) is 11.5 Å². The van der Waals surface area contributed by atoms with Crippen molar-refractivity contribution in [2.45, 2.75) is 51.6 Å². The first-order valence-electron chi connectivity index (χ1n) is 5.89. The third kappa shape index (κ3) is 8.50. The Morgan fingerprint density at radius 3 is 2.35 bits per heavy atom. The van der Waals surface area contributed by atoms with Crippen molar-refractivity contribution in [3.05, 3.63) is 0 Å². The van der Waals surface area contributed by atoms with Gasteiger partial charge in [-0.1, -0.05) is 19.8 Å². The Balaban J connectivity index is 4.26. The maximum Gasteiger partial charge on any atom is 0.312 e. The molecule has 0 fully saturated rings. The number of amides is 3. The van der Waals surface area contributed by atoms with E-state index in [1.54, 1.807) is 0 Å². The summed E-state index contributed by atoms with van der Waals surface area (Å²) in [6.07, 6.45) is 2.38. The van der Waals surface area contributed by atoms with Gasteiger partial charge in [-0.25, -0.2) is 4.79 Å². The van der Waals surface area contributed by atoms with E-state index in [1.165, 1.54) is 0 Å². The van der Waals surface area contributed by atoms with Gasteiger partial charge in [-0.3, -0.25) is 4.79 Å². The number of hydrogen-bond donors (Lipinski definition) is 4. The van der Waals surface area contributed by atoms with Crippen LogP contribution in [0.25, 0.3) is 0 Å². The van der Waals surface area contributed by atoms with Crippen LogP contribution in [-0.4, -0.2) is 30.1 Å². The van der Waals surface area contributed by atoms with Crippen LogP contribution in [-0.2, 0) is 4.79 Å². The molecule has 0 rings (SSSR count). The Kier molecular flexibility index (Phi) is 6.57. The second-order valence-electron chi connectivity index (χ2n) is 4.91. The molecule has 3 amide bonds. The summed E-state index contributed by atoms with van der Waals surface area (Å²) in [4.78, 5) is 22.6. The Morgan fingerprint density at radius 1 is 1.35 bits per heavy atom. The second-order valence-corrected chi connectivity index (χ2v) is 4.91. The normalized spacial score (nSPS) is 12.9. The molecular weight excluding hydrogens is 220 g/mol. The van der Waals surface area contributed by atoms with E-state index in [-0.39, 0.29) is 5.91 Å².